The molecule has 2 aliphatic heterocycles. The molecule has 0 unspecified atom stereocenters. The summed E-state index contributed by atoms with van der Waals surface area (Å²) < 4.78 is 11.7. The number of carbonyl (C=O) groups is 1. The van der Waals surface area contributed by atoms with E-state index in [-0.39, 0.29) is 11.4 Å². The van der Waals surface area contributed by atoms with Gasteiger partial charge in [-0.2, -0.15) is 15.1 Å². The van der Waals surface area contributed by atoms with Gasteiger partial charge in [-0.1, -0.05) is 30.3 Å². The second kappa shape index (κ2) is 10.5. The minimum atomic E-state index is -0.439. The van der Waals surface area contributed by atoms with Crippen LogP contribution in [0.15, 0.2) is 75.6 Å². The van der Waals surface area contributed by atoms with Crippen LogP contribution in [0.3, 0.4) is 0 Å². The van der Waals surface area contributed by atoms with Crippen molar-refractivity contribution < 1.29 is 14.3 Å². The molecule has 0 saturated carbocycles. The molecule has 2 aliphatic rings. The molecule has 1 amide bonds. The Morgan fingerprint density at radius 1 is 1.06 bits per heavy atom. The van der Waals surface area contributed by atoms with Crippen LogP contribution < -0.4 is 9.47 Å². The number of benzene rings is 2. The molecule has 3 heterocycles. The average molecular weight is 517 g/mol. The van der Waals surface area contributed by atoms with Crippen molar-refractivity contribution in [1.29, 1.82) is 5.41 Å². The van der Waals surface area contributed by atoms with E-state index in [0.717, 1.165) is 39.0 Å². The van der Waals surface area contributed by atoms with Crippen LogP contribution in [0.2, 0.25) is 0 Å². The third-order valence-electron chi connectivity index (χ3n) is 5.54. The van der Waals surface area contributed by atoms with E-state index in [4.69, 9.17) is 14.9 Å². The number of aliphatic imine (C=N–C) groups is 1. The van der Waals surface area contributed by atoms with E-state index in [1.807, 2.05) is 61.7 Å². The monoisotopic (exact) mass is 516 g/mol. The lowest BCUT2D eigenvalue weighted by atomic mass is 10.1. The van der Waals surface area contributed by atoms with Crippen molar-refractivity contribution in [2.45, 2.75) is 20.3 Å². The molecular weight excluding hydrogens is 492 g/mol. The Labute approximate surface area is 217 Å². The molecule has 0 saturated heterocycles. The van der Waals surface area contributed by atoms with Crippen LogP contribution in [0.25, 0.3) is 6.08 Å². The molecule has 0 spiro atoms. The number of amides is 1. The van der Waals surface area contributed by atoms with Gasteiger partial charge in [0.05, 0.1) is 23.7 Å². The summed E-state index contributed by atoms with van der Waals surface area (Å²) in [6, 6.07) is 17.5. The number of nitrogens with zero attached hydrogens (tertiary/aromatic N) is 3. The van der Waals surface area contributed by atoms with Gasteiger partial charge in [0, 0.05) is 6.42 Å². The molecule has 1 N–H and O–H groups in total. The number of ether oxygens (including phenoxy) is 2. The van der Waals surface area contributed by atoms with Crippen LogP contribution in [0, 0.1) is 19.3 Å². The fraction of sp³-hybridized carbons (Fsp3) is 0.185. The van der Waals surface area contributed by atoms with Crippen molar-refractivity contribution in [3.8, 4) is 11.5 Å². The van der Waals surface area contributed by atoms with E-state index >= 15 is 0 Å². The van der Waals surface area contributed by atoms with Crippen molar-refractivity contribution >= 4 is 51.1 Å². The first-order chi connectivity index (χ1) is 17.5. The van der Waals surface area contributed by atoms with E-state index in [0.29, 0.717) is 18.4 Å². The average Bonchev–Trinajstić information content (AvgIpc) is 3.55. The molecule has 0 bridgehead atoms. The zero-order valence-electron chi connectivity index (χ0n) is 19.9. The van der Waals surface area contributed by atoms with Crippen molar-refractivity contribution in [3.05, 3.63) is 87.1 Å². The minimum Gasteiger partial charge on any atom is -0.493 e. The first kappa shape index (κ1) is 24.0. The van der Waals surface area contributed by atoms with Crippen molar-refractivity contribution in [2.75, 3.05) is 13.2 Å². The number of hydrogen-bond donors (Lipinski definition) is 1. The third kappa shape index (κ3) is 5.27. The van der Waals surface area contributed by atoms with Crippen LogP contribution in [0.1, 0.15) is 28.0 Å². The Morgan fingerprint density at radius 2 is 1.86 bits per heavy atom. The quantitative estimate of drug-likeness (QED) is 0.298. The first-order valence-electron chi connectivity index (χ1n) is 11.4. The maximum absolute atomic E-state index is 12.6. The second-order valence-electron chi connectivity index (χ2n) is 8.29. The molecule has 9 heteroatoms. The number of thiophene rings is 1. The minimum absolute atomic E-state index is 0.0215. The number of carbonyl (C=O) groups excluding carboxylic acids is 1. The highest BCUT2D eigenvalue weighted by Crippen LogP contribution is 2.32. The van der Waals surface area contributed by atoms with Gasteiger partial charge in [-0.15, -0.1) is 11.3 Å². The van der Waals surface area contributed by atoms with Gasteiger partial charge >= 0.3 is 0 Å². The van der Waals surface area contributed by atoms with Gasteiger partial charge in [0.15, 0.2) is 5.84 Å². The summed E-state index contributed by atoms with van der Waals surface area (Å²) >= 11 is 2.86. The number of hydrazone groups is 1. The van der Waals surface area contributed by atoms with Crippen LogP contribution in [-0.4, -0.2) is 40.2 Å². The molecule has 2 aromatic carbocycles. The number of fused-ring (bicyclic) bond motifs is 1. The van der Waals surface area contributed by atoms with E-state index < -0.39 is 5.91 Å². The van der Waals surface area contributed by atoms with E-state index in [9.17, 15) is 4.79 Å². The van der Waals surface area contributed by atoms with Gasteiger partial charge < -0.3 is 9.47 Å². The molecule has 5 rings (SSSR count). The first-order valence-corrected chi connectivity index (χ1v) is 13.1. The van der Waals surface area contributed by atoms with E-state index in [1.165, 1.54) is 22.3 Å². The molecule has 1 aromatic heterocycles. The predicted octanol–water partition coefficient (Wildman–Crippen LogP) is 5.88. The fourth-order valence-corrected chi connectivity index (χ4v) is 5.30. The molecule has 0 fully saturated rings. The molecule has 3 aromatic rings. The molecule has 0 atom stereocenters. The number of rotatable bonds is 8. The Balaban J connectivity index is 1.17. The number of thioether (sulfide) groups is 1. The second-order valence-corrected chi connectivity index (χ2v) is 10.2. The van der Waals surface area contributed by atoms with Crippen molar-refractivity contribution in [2.24, 2.45) is 10.1 Å². The van der Waals surface area contributed by atoms with Crippen molar-refractivity contribution in [1.82, 2.24) is 5.01 Å². The summed E-state index contributed by atoms with van der Waals surface area (Å²) in [5.41, 5.74) is 3.28. The summed E-state index contributed by atoms with van der Waals surface area (Å²) in [5, 5.41) is 17.6. The number of aryl methyl sites for hydroxylation is 2. The summed E-state index contributed by atoms with van der Waals surface area (Å²) in [7, 11) is 0. The SMILES string of the molecule is Cc1ccc(C)c(OCCCOc2ccc(C=C3C(=N)N4N=C(c5cccs5)SC4=NC3=O)cc2)c1. The topological polar surface area (TPSA) is 87.3 Å². The highest BCUT2D eigenvalue weighted by atomic mass is 32.2. The van der Waals surface area contributed by atoms with Gasteiger partial charge in [-0.3, -0.25) is 10.2 Å². The number of nitrogens with one attached hydrogen (secondary N) is 1. The molecule has 0 aliphatic carbocycles. The molecule has 182 valence electrons. The van der Waals surface area contributed by atoms with Crippen LogP contribution in [0.4, 0.5) is 0 Å². The summed E-state index contributed by atoms with van der Waals surface area (Å²) in [4.78, 5) is 17.8. The number of hydrogen-bond acceptors (Lipinski definition) is 7. The van der Waals surface area contributed by atoms with Gasteiger partial charge in [-0.05, 0) is 78.0 Å². The molecule has 7 nitrogen and oxygen atoms in total. The standard InChI is InChI=1S/C27H24N4O3S2/c1-17-6-7-18(2)22(15-17)34-13-4-12-33-20-10-8-19(9-11-20)16-21-24(28)31-27(29-25(21)32)36-26(30-31)23-5-3-14-35-23/h3,5-11,14-16,28H,4,12-13H2,1-2H3. The fourth-order valence-electron chi connectivity index (χ4n) is 3.61. The molecular formula is C27H24N4O3S2. The van der Waals surface area contributed by atoms with Crippen LogP contribution in [-0.2, 0) is 4.79 Å². The van der Waals surface area contributed by atoms with Crippen LogP contribution >= 0.6 is 23.1 Å². The van der Waals surface area contributed by atoms with Gasteiger partial charge in [0.1, 0.15) is 16.5 Å². The lowest BCUT2D eigenvalue weighted by Gasteiger charge is -2.20. The Morgan fingerprint density at radius 3 is 2.64 bits per heavy atom. The van der Waals surface area contributed by atoms with Gasteiger partial charge in [0.2, 0.25) is 5.17 Å². The number of amidine groups is 2. The smallest absolute Gasteiger partial charge is 0.283 e. The summed E-state index contributed by atoms with van der Waals surface area (Å²) in [6.07, 6.45) is 2.42. The van der Waals surface area contributed by atoms with E-state index in [2.05, 4.69) is 22.2 Å². The van der Waals surface area contributed by atoms with Gasteiger partial charge in [0.25, 0.3) is 5.91 Å². The zero-order chi connectivity index (χ0) is 25.1. The lowest BCUT2D eigenvalue weighted by molar-refractivity contribution is -0.114. The summed E-state index contributed by atoms with van der Waals surface area (Å²) in [6.45, 7) is 5.19. The normalized spacial score (nSPS) is 16.2. The van der Waals surface area contributed by atoms with Crippen molar-refractivity contribution in [3.63, 3.8) is 0 Å². The zero-order valence-corrected chi connectivity index (χ0v) is 21.5. The van der Waals surface area contributed by atoms with Crippen LogP contribution in [0.5, 0.6) is 11.5 Å². The van der Waals surface area contributed by atoms with Gasteiger partial charge in [-0.25, -0.2) is 0 Å². The highest BCUT2D eigenvalue weighted by Gasteiger charge is 2.36. The Kier molecular flexibility index (Phi) is 7.02. The molecule has 36 heavy (non-hydrogen) atoms. The largest absolute Gasteiger partial charge is 0.493 e. The maximum Gasteiger partial charge on any atom is 0.283 e. The highest BCUT2D eigenvalue weighted by molar-refractivity contribution is 8.27. The Hall–Kier alpha value is -3.69. The van der Waals surface area contributed by atoms with E-state index in [1.54, 1.807) is 17.4 Å². The lowest BCUT2D eigenvalue weighted by Crippen LogP contribution is -2.35. The Bertz CT molecular complexity index is 1390. The maximum atomic E-state index is 12.6. The molecule has 0 radical (unpaired) electrons. The third-order valence-corrected chi connectivity index (χ3v) is 7.48. The summed E-state index contributed by atoms with van der Waals surface area (Å²) in [5.74, 6) is 1.22. The predicted molar refractivity (Wildman–Crippen MR) is 146 cm³/mol.